The van der Waals surface area contributed by atoms with E-state index in [0.29, 0.717) is 12.0 Å². The highest BCUT2D eigenvalue weighted by Gasteiger charge is 2.31. The minimum atomic E-state index is -0.0616. The van der Waals surface area contributed by atoms with Crippen LogP contribution in [0.5, 0.6) is 0 Å². The molecule has 1 aliphatic rings. The fourth-order valence-corrected chi connectivity index (χ4v) is 3.20. The average Bonchev–Trinajstić information content (AvgIpc) is 2.87. The standard InChI is InChI=1S/C15H17FN2S/c16-15-4-2-1-3-14(15)11-7-13(8-11)17-6-5-12-9-19-10-18-12/h1-4,9-11,13,17H,5-8H2. The minimum absolute atomic E-state index is 0.0616. The molecule has 0 bridgehead atoms. The quantitative estimate of drug-likeness (QED) is 0.905. The monoisotopic (exact) mass is 276 g/mol. The molecule has 2 nitrogen and oxygen atoms in total. The largest absolute Gasteiger partial charge is 0.314 e. The molecule has 3 rings (SSSR count). The van der Waals surface area contributed by atoms with Crippen molar-refractivity contribution in [3.63, 3.8) is 0 Å². The Morgan fingerprint density at radius 1 is 1.32 bits per heavy atom. The van der Waals surface area contributed by atoms with Gasteiger partial charge in [-0.15, -0.1) is 11.3 Å². The van der Waals surface area contributed by atoms with Gasteiger partial charge < -0.3 is 5.32 Å². The third-order valence-electron chi connectivity index (χ3n) is 3.78. The van der Waals surface area contributed by atoms with E-state index in [2.05, 4.69) is 15.7 Å². The number of nitrogens with zero attached hydrogens (tertiary/aromatic N) is 1. The van der Waals surface area contributed by atoms with Gasteiger partial charge in [-0.05, 0) is 30.4 Å². The molecule has 1 heterocycles. The van der Waals surface area contributed by atoms with Gasteiger partial charge in [0.2, 0.25) is 0 Å². The maximum Gasteiger partial charge on any atom is 0.126 e. The Bertz CT molecular complexity index is 521. The summed E-state index contributed by atoms with van der Waals surface area (Å²) in [6.45, 7) is 0.957. The molecule has 0 atom stereocenters. The van der Waals surface area contributed by atoms with Crippen LogP contribution >= 0.6 is 11.3 Å². The van der Waals surface area contributed by atoms with E-state index < -0.39 is 0 Å². The maximum absolute atomic E-state index is 13.6. The van der Waals surface area contributed by atoms with Crippen molar-refractivity contribution in [2.45, 2.75) is 31.2 Å². The SMILES string of the molecule is Fc1ccccc1C1CC(NCCc2cscn2)C1. The van der Waals surface area contributed by atoms with Crippen molar-refractivity contribution in [2.75, 3.05) is 6.54 Å². The molecule has 100 valence electrons. The van der Waals surface area contributed by atoms with E-state index in [1.807, 2.05) is 17.6 Å². The number of hydrogen-bond acceptors (Lipinski definition) is 3. The Balaban J connectivity index is 1.42. The lowest BCUT2D eigenvalue weighted by atomic mass is 9.75. The summed E-state index contributed by atoms with van der Waals surface area (Å²) in [6, 6.07) is 7.66. The summed E-state index contributed by atoms with van der Waals surface area (Å²) in [5, 5.41) is 5.61. The van der Waals surface area contributed by atoms with E-state index in [0.717, 1.165) is 37.1 Å². The van der Waals surface area contributed by atoms with E-state index in [-0.39, 0.29) is 5.82 Å². The van der Waals surface area contributed by atoms with E-state index in [1.165, 1.54) is 0 Å². The zero-order valence-electron chi connectivity index (χ0n) is 10.7. The van der Waals surface area contributed by atoms with Crippen LogP contribution in [-0.4, -0.2) is 17.6 Å². The molecule has 19 heavy (non-hydrogen) atoms. The van der Waals surface area contributed by atoms with Gasteiger partial charge in [0.15, 0.2) is 0 Å². The van der Waals surface area contributed by atoms with Crippen molar-refractivity contribution in [3.8, 4) is 0 Å². The summed E-state index contributed by atoms with van der Waals surface area (Å²) in [6.07, 6.45) is 3.06. The van der Waals surface area contributed by atoms with Gasteiger partial charge >= 0.3 is 0 Å². The number of halogens is 1. The van der Waals surface area contributed by atoms with Crippen molar-refractivity contribution in [2.24, 2.45) is 0 Å². The van der Waals surface area contributed by atoms with Crippen molar-refractivity contribution in [1.82, 2.24) is 10.3 Å². The first-order valence-electron chi connectivity index (χ1n) is 6.68. The highest BCUT2D eigenvalue weighted by Crippen LogP contribution is 2.37. The van der Waals surface area contributed by atoms with Gasteiger partial charge in [-0.1, -0.05) is 18.2 Å². The molecule has 1 fully saturated rings. The lowest BCUT2D eigenvalue weighted by Crippen LogP contribution is -2.41. The Hall–Kier alpha value is -1.26. The molecular weight excluding hydrogens is 259 g/mol. The van der Waals surface area contributed by atoms with Crippen LogP contribution in [0, 0.1) is 5.82 Å². The van der Waals surface area contributed by atoms with Crippen molar-refractivity contribution in [1.29, 1.82) is 0 Å². The van der Waals surface area contributed by atoms with Gasteiger partial charge in [-0.2, -0.15) is 0 Å². The average molecular weight is 276 g/mol. The van der Waals surface area contributed by atoms with Crippen molar-refractivity contribution in [3.05, 3.63) is 52.2 Å². The summed E-state index contributed by atoms with van der Waals surface area (Å²) < 4.78 is 13.6. The van der Waals surface area contributed by atoms with Gasteiger partial charge in [-0.3, -0.25) is 0 Å². The molecule has 0 spiro atoms. The lowest BCUT2D eigenvalue weighted by Gasteiger charge is -2.36. The molecule has 1 saturated carbocycles. The number of thiazole rings is 1. The predicted molar refractivity (Wildman–Crippen MR) is 76.0 cm³/mol. The zero-order valence-corrected chi connectivity index (χ0v) is 11.5. The first kappa shape index (κ1) is 12.8. The molecule has 2 aromatic rings. The molecular formula is C15H17FN2S. The second-order valence-electron chi connectivity index (χ2n) is 5.07. The number of benzene rings is 1. The Labute approximate surface area is 116 Å². The molecule has 0 unspecified atom stereocenters. The fourth-order valence-electron chi connectivity index (χ4n) is 2.61. The summed E-state index contributed by atoms with van der Waals surface area (Å²) >= 11 is 1.64. The number of aromatic nitrogens is 1. The second kappa shape index (κ2) is 5.80. The van der Waals surface area contributed by atoms with Crippen molar-refractivity contribution >= 4 is 11.3 Å². The topological polar surface area (TPSA) is 24.9 Å². The van der Waals surface area contributed by atoms with E-state index in [4.69, 9.17) is 0 Å². The van der Waals surface area contributed by atoms with Crippen LogP contribution in [0.3, 0.4) is 0 Å². The molecule has 1 aromatic carbocycles. The van der Waals surface area contributed by atoms with Crippen LogP contribution in [0.2, 0.25) is 0 Å². The minimum Gasteiger partial charge on any atom is -0.314 e. The second-order valence-corrected chi connectivity index (χ2v) is 5.79. The number of rotatable bonds is 5. The maximum atomic E-state index is 13.6. The molecule has 1 N–H and O–H groups in total. The Morgan fingerprint density at radius 3 is 2.89 bits per heavy atom. The first-order chi connectivity index (χ1) is 9.33. The van der Waals surface area contributed by atoms with Crippen LogP contribution in [0.1, 0.15) is 30.0 Å². The number of hydrogen-bond donors (Lipinski definition) is 1. The van der Waals surface area contributed by atoms with Crippen LogP contribution in [0.25, 0.3) is 0 Å². The third-order valence-corrected chi connectivity index (χ3v) is 4.42. The van der Waals surface area contributed by atoms with Crippen molar-refractivity contribution < 1.29 is 4.39 Å². The number of nitrogens with one attached hydrogen (secondary N) is 1. The van der Waals surface area contributed by atoms with Gasteiger partial charge in [0, 0.05) is 24.4 Å². The van der Waals surface area contributed by atoms with Crippen LogP contribution < -0.4 is 5.32 Å². The van der Waals surface area contributed by atoms with E-state index in [1.54, 1.807) is 23.5 Å². The van der Waals surface area contributed by atoms with E-state index >= 15 is 0 Å². The molecule has 0 aliphatic heterocycles. The molecule has 1 aromatic heterocycles. The fraction of sp³-hybridized carbons (Fsp3) is 0.400. The van der Waals surface area contributed by atoms with Crippen LogP contribution in [0.15, 0.2) is 35.2 Å². The lowest BCUT2D eigenvalue weighted by molar-refractivity contribution is 0.287. The molecule has 1 aliphatic carbocycles. The van der Waals surface area contributed by atoms with E-state index in [9.17, 15) is 4.39 Å². The summed E-state index contributed by atoms with van der Waals surface area (Å²) in [5.74, 6) is 0.325. The Kier molecular flexibility index (Phi) is 3.89. The first-order valence-corrected chi connectivity index (χ1v) is 7.62. The third kappa shape index (κ3) is 3.01. The van der Waals surface area contributed by atoms with Crippen LogP contribution in [0.4, 0.5) is 4.39 Å². The van der Waals surface area contributed by atoms with Gasteiger partial charge in [0.05, 0.1) is 11.2 Å². The summed E-state index contributed by atoms with van der Waals surface area (Å²) in [7, 11) is 0. The molecule has 0 radical (unpaired) electrons. The normalized spacial score (nSPS) is 22.2. The molecule has 0 saturated heterocycles. The zero-order chi connectivity index (χ0) is 13.1. The molecule has 0 amide bonds. The van der Waals surface area contributed by atoms with Crippen LogP contribution in [-0.2, 0) is 6.42 Å². The summed E-state index contributed by atoms with van der Waals surface area (Å²) in [5.41, 5.74) is 3.90. The predicted octanol–water partition coefficient (Wildman–Crippen LogP) is 3.36. The molecule has 4 heteroatoms. The smallest absolute Gasteiger partial charge is 0.126 e. The van der Waals surface area contributed by atoms with Gasteiger partial charge in [-0.25, -0.2) is 9.37 Å². The van der Waals surface area contributed by atoms with Gasteiger partial charge in [0.25, 0.3) is 0 Å². The summed E-state index contributed by atoms with van der Waals surface area (Å²) in [4.78, 5) is 4.26. The van der Waals surface area contributed by atoms with Gasteiger partial charge in [0.1, 0.15) is 5.82 Å². The highest BCUT2D eigenvalue weighted by atomic mass is 32.1. The highest BCUT2D eigenvalue weighted by molar-refractivity contribution is 7.07. The Morgan fingerprint density at radius 2 is 2.16 bits per heavy atom.